The van der Waals surface area contributed by atoms with E-state index in [4.69, 9.17) is 13.8 Å². The molecule has 9 nitrogen and oxygen atoms in total. The normalized spacial score (nSPS) is 10.8. The maximum Gasteiger partial charge on any atom is 0.259 e. The highest BCUT2D eigenvalue weighted by atomic mass is 16.5. The van der Waals surface area contributed by atoms with Crippen LogP contribution in [0, 0.1) is 6.92 Å². The maximum absolute atomic E-state index is 5.61. The van der Waals surface area contributed by atoms with Crippen molar-refractivity contribution < 1.29 is 13.8 Å². The Bertz CT molecular complexity index is 981. The molecule has 0 saturated heterocycles. The maximum atomic E-state index is 5.61. The third-order valence-electron chi connectivity index (χ3n) is 3.46. The Balaban J connectivity index is 1.33. The summed E-state index contributed by atoms with van der Waals surface area (Å²) in [5, 5.41) is 7.69. The van der Waals surface area contributed by atoms with Gasteiger partial charge >= 0.3 is 0 Å². The molecule has 4 aromatic heterocycles. The van der Waals surface area contributed by atoms with Crippen molar-refractivity contribution in [2.45, 2.75) is 13.3 Å². The molecule has 0 atom stereocenters. The second-order valence-corrected chi connectivity index (χ2v) is 5.39. The van der Waals surface area contributed by atoms with Crippen LogP contribution in [-0.2, 0) is 6.42 Å². The van der Waals surface area contributed by atoms with Crippen molar-refractivity contribution in [1.29, 1.82) is 0 Å². The molecule has 4 aromatic rings. The van der Waals surface area contributed by atoms with Crippen molar-refractivity contribution in [3.63, 3.8) is 0 Å². The van der Waals surface area contributed by atoms with Gasteiger partial charge in [0.1, 0.15) is 0 Å². The molecule has 0 saturated carbocycles. The van der Waals surface area contributed by atoms with Crippen LogP contribution < -0.4 is 4.74 Å². The molecular formula is C17H14N6O3. The summed E-state index contributed by atoms with van der Waals surface area (Å²) in [6.45, 7) is 2.13. The highest BCUT2D eigenvalue weighted by Crippen LogP contribution is 2.19. The number of ether oxygens (including phenoxy) is 1. The van der Waals surface area contributed by atoms with Crippen LogP contribution in [0.1, 0.15) is 11.6 Å². The van der Waals surface area contributed by atoms with Crippen molar-refractivity contribution >= 4 is 0 Å². The number of rotatable bonds is 6. The van der Waals surface area contributed by atoms with Crippen molar-refractivity contribution in [3.8, 4) is 28.8 Å². The molecule has 0 bridgehead atoms. The van der Waals surface area contributed by atoms with Gasteiger partial charge in [0.25, 0.3) is 11.8 Å². The van der Waals surface area contributed by atoms with Crippen LogP contribution in [0.3, 0.4) is 0 Å². The number of aryl methyl sites for hydroxylation is 1. The third kappa shape index (κ3) is 3.56. The average Bonchev–Trinajstić information content (AvgIpc) is 3.32. The van der Waals surface area contributed by atoms with Gasteiger partial charge in [0.2, 0.25) is 5.88 Å². The van der Waals surface area contributed by atoms with Crippen LogP contribution >= 0.6 is 0 Å². The van der Waals surface area contributed by atoms with Crippen LogP contribution in [0.4, 0.5) is 0 Å². The van der Waals surface area contributed by atoms with E-state index in [1.165, 1.54) is 0 Å². The predicted molar refractivity (Wildman–Crippen MR) is 89.0 cm³/mol. The lowest BCUT2D eigenvalue weighted by atomic mass is 10.3. The Kier molecular flexibility index (Phi) is 4.33. The summed E-state index contributed by atoms with van der Waals surface area (Å²) in [6, 6.07) is 7.22. The van der Waals surface area contributed by atoms with Crippen LogP contribution in [0.2, 0.25) is 0 Å². The van der Waals surface area contributed by atoms with Gasteiger partial charge in [0.05, 0.1) is 17.7 Å². The molecule has 4 rings (SSSR count). The molecule has 0 unspecified atom stereocenters. The first-order chi connectivity index (χ1) is 12.8. The van der Waals surface area contributed by atoms with E-state index in [-0.39, 0.29) is 0 Å². The van der Waals surface area contributed by atoms with Gasteiger partial charge in [-0.1, -0.05) is 10.3 Å². The van der Waals surface area contributed by atoms with E-state index in [0.717, 1.165) is 11.1 Å². The van der Waals surface area contributed by atoms with Gasteiger partial charge in [-0.05, 0) is 25.1 Å². The Morgan fingerprint density at radius 1 is 0.962 bits per heavy atom. The minimum Gasteiger partial charge on any atom is -0.477 e. The second-order valence-electron chi connectivity index (χ2n) is 5.39. The second kappa shape index (κ2) is 7.09. The summed E-state index contributed by atoms with van der Waals surface area (Å²) in [5.74, 6) is 2.48. The molecule has 4 heterocycles. The first kappa shape index (κ1) is 15.9. The van der Waals surface area contributed by atoms with Crippen LogP contribution in [0.5, 0.6) is 5.88 Å². The third-order valence-corrected chi connectivity index (χ3v) is 3.46. The molecule has 0 radical (unpaired) electrons. The van der Waals surface area contributed by atoms with Crippen molar-refractivity contribution in [3.05, 3.63) is 54.5 Å². The number of hydrogen-bond acceptors (Lipinski definition) is 9. The van der Waals surface area contributed by atoms with E-state index < -0.39 is 0 Å². The first-order valence-corrected chi connectivity index (χ1v) is 7.90. The molecule has 0 N–H and O–H groups in total. The van der Waals surface area contributed by atoms with E-state index >= 15 is 0 Å². The summed E-state index contributed by atoms with van der Waals surface area (Å²) in [7, 11) is 0. The van der Waals surface area contributed by atoms with E-state index in [9.17, 15) is 0 Å². The van der Waals surface area contributed by atoms with E-state index in [1.54, 1.807) is 31.6 Å². The number of aromatic nitrogens is 6. The zero-order valence-electron chi connectivity index (χ0n) is 13.9. The lowest BCUT2D eigenvalue weighted by molar-refractivity contribution is 0.303. The summed E-state index contributed by atoms with van der Waals surface area (Å²) in [4.78, 5) is 16.7. The van der Waals surface area contributed by atoms with Crippen LogP contribution in [-0.4, -0.2) is 36.9 Å². The van der Waals surface area contributed by atoms with Crippen LogP contribution in [0.15, 0.2) is 51.9 Å². The predicted octanol–water partition coefficient (Wildman–Crippen LogP) is 2.51. The molecule has 0 amide bonds. The minimum absolute atomic E-state index is 0.373. The largest absolute Gasteiger partial charge is 0.477 e. The molecule has 9 heteroatoms. The van der Waals surface area contributed by atoms with E-state index in [2.05, 4.69) is 30.2 Å². The highest BCUT2D eigenvalue weighted by molar-refractivity contribution is 5.51. The Morgan fingerprint density at radius 2 is 1.81 bits per heavy atom. The molecule has 0 aromatic carbocycles. The zero-order valence-corrected chi connectivity index (χ0v) is 13.9. The lowest BCUT2D eigenvalue weighted by Crippen LogP contribution is -2.03. The Morgan fingerprint density at radius 3 is 2.54 bits per heavy atom. The van der Waals surface area contributed by atoms with Crippen molar-refractivity contribution in [2.75, 3.05) is 6.61 Å². The molecule has 0 spiro atoms. The SMILES string of the molecule is Cc1noc(-c2ccc(OCCc3noc(-c4cccnc4)n3)nc2)n1. The fourth-order valence-corrected chi connectivity index (χ4v) is 2.22. The molecule has 0 aliphatic heterocycles. The fourth-order valence-electron chi connectivity index (χ4n) is 2.22. The monoisotopic (exact) mass is 350 g/mol. The summed E-state index contributed by atoms with van der Waals surface area (Å²) >= 11 is 0. The van der Waals surface area contributed by atoms with E-state index in [1.807, 2.05) is 18.2 Å². The van der Waals surface area contributed by atoms with Crippen LogP contribution in [0.25, 0.3) is 22.9 Å². The molecule has 0 aliphatic rings. The molecular weight excluding hydrogens is 336 g/mol. The smallest absolute Gasteiger partial charge is 0.259 e. The van der Waals surface area contributed by atoms with Gasteiger partial charge in [0, 0.05) is 31.1 Å². The summed E-state index contributed by atoms with van der Waals surface area (Å²) < 4.78 is 15.9. The molecule has 26 heavy (non-hydrogen) atoms. The van der Waals surface area contributed by atoms with Gasteiger partial charge in [-0.15, -0.1) is 0 Å². The number of hydrogen-bond donors (Lipinski definition) is 0. The fraction of sp³-hybridized carbons (Fsp3) is 0.176. The first-order valence-electron chi connectivity index (χ1n) is 7.90. The molecule has 130 valence electrons. The van der Waals surface area contributed by atoms with Crippen molar-refractivity contribution in [1.82, 2.24) is 30.2 Å². The summed E-state index contributed by atoms with van der Waals surface area (Å²) in [5.41, 5.74) is 1.51. The zero-order chi connectivity index (χ0) is 17.8. The van der Waals surface area contributed by atoms with Crippen molar-refractivity contribution in [2.24, 2.45) is 0 Å². The number of pyridine rings is 2. The van der Waals surface area contributed by atoms with Gasteiger partial charge < -0.3 is 13.8 Å². The quantitative estimate of drug-likeness (QED) is 0.517. The highest BCUT2D eigenvalue weighted by Gasteiger charge is 2.10. The lowest BCUT2D eigenvalue weighted by Gasteiger charge is -2.03. The summed E-state index contributed by atoms with van der Waals surface area (Å²) in [6.07, 6.45) is 5.48. The van der Waals surface area contributed by atoms with Gasteiger partial charge in [0.15, 0.2) is 11.6 Å². The van der Waals surface area contributed by atoms with E-state index in [0.29, 0.717) is 42.3 Å². The van der Waals surface area contributed by atoms with Gasteiger partial charge in [-0.2, -0.15) is 9.97 Å². The topological polar surface area (TPSA) is 113 Å². The Hall–Kier alpha value is -3.62. The molecule has 0 aliphatic carbocycles. The Labute approximate surface area is 148 Å². The standard InChI is InChI=1S/C17H14N6O3/c1-11-20-16(25-22-11)13-4-5-15(19-10-13)24-8-6-14-21-17(26-23-14)12-3-2-7-18-9-12/h2-5,7,9-10H,6,8H2,1H3. The average molecular weight is 350 g/mol. The van der Waals surface area contributed by atoms with Gasteiger partial charge in [-0.3, -0.25) is 4.98 Å². The molecule has 0 fully saturated rings. The number of nitrogens with zero attached hydrogens (tertiary/aromatic N) is 6. The minimum atomic E-state index is 0.373. The van der Waals surface area contributed by atoms with Gasteiger partial charge in [-0.25, -0.2) is 4.98 Å².